The lowest BCUT2D eigenvalue weighted by molar-refractivity contribution is -0.116. The fraction of sp³-hybridized carbons (Fsp3) is 0.316. The fourth-order valence-electron chi connectivity index (χ4n) is 2.93. The van der Waals surface area contributed by atoms with E-state index < -0.39 is 22.0 Å². The SMILES string of the molecule is Cc1ccccc1NC(=O)[C@H](C)N(c1ccc2c(c1)OCCO2)S(C)(=O)=O. The van der Waals surface area contributed by atoms with E-state index in [0.29, 0.717) is 36.1 Å². The largest absolute Gasteiger partial charge is 0.486 e. The Morgan fingerprint density at radius 2 is 1.78 bits per heavy atom. The number of sulfonamides is 1. The number of carbonyl (C=O) groups is 1. The number of rotatable bonds is 5. The molecule has 0 fully saturated rings. The lowest BCUT2D eigenvalue weighted by atomic mass is 10.2. The van der Waals surface area contributed by atoms with Crippen LogP contribution in [0.5, 0.6) is 11.5 Å². The first kappa shape index (κ1) is 19.0. The Balaban J connectivity index is 1.91. The molecule has 0 radical (unpaired) electrons. The molecule has 3 rings (SSSR count). The van der Waals surface area contributed by atoms with Crippen molar-refractivity contribution in [2.75, 3.05) is 29.1 Å². The maximum absolute atomic E-state index is 12.7. The molecule has 2 aromatic carbocycles. The van der Waals surface area contributed by atoms with Crippen LogP contribution in [-0.4, -0.2) is 39.8 Å². The lowest BCUT2D eigenvalue weighted by Gasteiger charge is -2.29. The van der Waals surface area contributed by atoms with Crippen molar-refractivity contribution in [2.45, 2.75) is 19.9 Å². The number of carbonyl (C=O) groups excluding carboxylic acids is 1. The van der Waals surface area contributed by atoms with Gasteiger partial charge in [-0.05, 0) is 37.6 Å². The molecule has 0 unspecified atom stereocenters. The molecule has 7 nitrogen and oxygen atoms in total. The number of hydrogen-bond acceptors (Lipinski definition) is 5. The van der Waals surface area contributed by atoms with Crippen LogP contribution in [-0.2, 0) is 14.8 Å². The number of hydrogen-bond donors (Lipinski definition) is 1. The van der Waals surface area contributed by atoms with Gasteiger partial charge in [0, 0.05) is 11.8 Å². The van der Waals surface area contributed by atoms with Gasteiger partial charge < -0.3 is 14.8 Å². The van der Waals surface area contributed by atoms with Gasteiger partial charge >= 0.3 is 0 Å². The van der Waals surface area contributed by atoms with Crippen molar-refractivity contribution in [2.24, 2.45) is 0 Å². The maximum Gasteiger partial charge on any atom is 0.248 e. The quantitative estimate of drug-likeness (QED) is 0.848. The van der Waals surface area contributed by atoms with Crippen LogP contribution in [0.3, 0.4) is 0 Å². The number of amides is 1. The molecule has 2 aromatic rings. The minimum Gasteiger partial charge on any atom is -0.486 e. The molecule has 0 aliphatic carbocycles. The van der Waals surface area contributed by atoms with E-state index in [2.05, 4.69) is 5.32 Å². The van der Waals surface area contributed by atoms with E-state index in [-0.39, 0.29) is 0 Å². The van der Waals surface area contributed by atoms with Crippen molar-refractivity contribution in [3.05, 3.63) is 48.0 Å². The highest BCUT2D eigenvalue weighted by Gasteiger charge is 2.30. The average molecular weight is 390 g/mol. The first-order valence-corrected chi connectivity index (χ1v) is 10.4. The summed E-state index contributed by atoms with van der Waals surface area (Å²) in [5.41, 5.74) is 1.88. The molecule has 1 amide bonds. The number of nitrogens with zero attached hydrogens (tertiary/aromatic N) is 1. The molecular weight excluding hydrogens is 368 g/mol. The zero-order valence-corrected chi connectivity index (χ0v) is 16.2. The van der Waals surface area contributed by atoms with Crippen LogP contribution in [0, 0.1) is 6.92 Å². The van der Waals surface area contributed by atoms with Crippen LogP contribution in [0.4, 0.5) is 11.4 Å². The van der Waals surface area contributed by atoms with Gasteiger partial charge in [-0.15, -0.1) is 0 Å². The molecule has 1 aliphatic rings. The van der Waals surface area contributed by atoms with Gasteiger partial charge in [0.25, 0.3) is 0 Å². The normalized spacial score (nSPS) is 14.3. The zero-order valence-electron chi connectivity index (χ0n) is 15.4. The molecule has 1 aliphatic heterocycles. The predicted octanol–water partition coefficient (Wildman–Crippen LogP) is 2.56. The van der Waals surface area contributed by atoms with E-state index in [4.69, 9.17) is 9.47 Å². The molecule has 0 aromatic heterocycles. The van der Waals surface area contributed by atoms with Gasteiger partial charge in [-0.2, -0.15) is 0 Å². The minimum atomic E-state index is -3.72. The summed E-state index contributed by atoms with van der Waals surface area (Å²) in [5, 5.41) is 2.79. The van der Waals surface area contributed by atoms with Crippen LogP contribution >= 0.6 is 0 Å². The Morgan fingerprint density at radius 3 is 2.44 bits per heavy atom. The number of ether oxygens (including phenoxy) is 2. The van der Waals surface area contributed by atoms with Gasteiger partial charge in [0.05, 0.1) is 11.9 Å². The second-order valence-corrected chi connectivity index (χ2v) is 8.23. The van der Waals surface area contributed by atoms with E-state index in [1.165, 1.54) is 0 Å². The monoisotopic (exact) mass is 390 g/mol. The molecule has 1 N–H and O–H groups in total. The number of para-hydroxylation sites is 1. The van der Waals surface area contributed by atoms with Gasteiger partial charge in [-0.25, -0.2) is 8.42 Å². The first-order chi connectivity index (χ1) is 12.8. The standard InChI is InChI=1S/C19H22N2O5S/c1-13-6-4-5-7-16(13)20-19(22)14(2)21(27(3,23)24)15-8-9-17-18(12-15)26-11-10-25-17/h4-9,12,14H,10-11H2,1-3H3,(H,20,22)/t14-/m0/s1. The Hall–Kier alpha value is -2.74. The molecule has 0 saturated heterocycles. The van der Waals surface area contributed by atoms with Crippen LogP contribution in [0.2, 0.25) is 0 Å². The summed E-state index contributed by atoms with van der Waals surface area (Å²) in [5.74, 6) is 0.582. The third-order valence-corrected chi connectivity index (χ3v) is 5.51. The predicted molar refractivity (Wildman–Crippen MR) is 104 cm³/mol. The summed E-state index contributed by atoms with van der Waals surface area (Å²) in [4.78, 5) is 12.7. The third-order valence-electron chi connectivity index (χ3n) is 4.27. The highest BCUT2D eigenvalue weighted by Crippen LogP contribution is 2.35. The van der Waals surface area contributed by atoms with Crippen LogP contribution in [0.1, 0.15) is 12.5 Å². The fourth-order valence-corrected chi connectivity index (χ4v) is 4.09. The van der Waals surface area contributed by atoms with Gasteiger partial charge in [0.15, 0.2) is 11.5 Å². The van der Waals surface area contributed by atoms with Crippen LogP contribution < -0.4 is 19.1 Å². The van der Waals surface area contributed by atoms with E-state index in [1.54, 1.807) is 31.2 Å². The number of fused-ring (bicyclic) bond motifs is 1. The summed E-state index contributed by atoms with van der Waals surface area (Å²) in [6.45, 7) is 4.25. The minimum absolute atomic E-state index is 0.342. The molecule has 0 spiro atoms. The molecular formula is C19H22N2O5S. The highest BCUT2D eigenvalue weighted by atomic mass is 32.2. The van der Waals surface area contributed by atoms with Gasteiger partial charge in [-0.3, -0.25) is 9.10 Å². The Bertz CT molecular complexity index is 958. The zero-order chi connectivity index (χ0) is 19.6. The van der Waals surface area contributed by atoms with Crippen molar-refractivity contribution in [3.8, 4) is 11.5 Å². The highest BCUT2D eigenvalue weighted by molar-refractivity contribution is 7.92. The number of benzene rings is 2. The van der Waals surface area contributed by atoms with Gasteiger partial charge in [-0.1, -0.05) is 18.2 Å². The second-order valence-electron chi connectivity index (χ2n) is 6.37. The van der Waals surface area contributed by atoms with Crippen molar-refractivity contribution in [3.63, 3.8) is 0 Å². The van der Waals surface area contributed by atoms with Crippen LogP contribution in [0.15, 0.2) is 42.5 Å². The van der Waals surface area contributed by atoms with Crippen molar-refractivity contribution in [1.29, 1.82) is 0 Å². The summed E-state index contributed by atoms with van der Waals surface area (Å²) >= 11 is 0. The molecule has 8 heteroatoms. The number of nitrogens with one attached hydrogen (secondary N) is 1. The molecule has 0 bridgehead atoms. The smallest absolute Gasteiger partial charge is 0.248 e. The topological polar surface area (TPSA) is 84.9 Å². The summed E-state index contributed by atoms with van der Waals surface area (Å²) in [6.07, 6.45) is 1.07. The molecule has 0 saturated carbocycles. The molecule has 1 atom stereocenters. The van der Waals surface area contributed by atoms with Gasteiger partial charge in [0.1, 0.15) is 19.3 Å². The molecule has 144 valence electrons. The summed E-state index contributed by atoms with van der Waals surface area (Å²) < 4.78 is 37.0. The average Bonchev–Trinajstić information content (AvgIpc) is 2.62. The Labute approximate surface area is 158 Å². The van der Waals surface area contributed by atoms with Crippen LogP contribution in [0.25, 0.3) is 0 Å². The van der Waals surface area contributed by atoms with E-state index in [9.17, 15) is 13.2 Å². The summed E-state index contributed by atoms with van der Waals surface area (Å²) in [6, 6.07) is 11.2. The summed E-state index contributed by atoms with van der Waals surface area (Å²) in [7, 11) is -3.72. The third kappa shape index (κ3) is 4.16. The Morgan fingerprint density at radius 1 is 1.11 bits per heavy atom. The lowest BCUT2D eigenvalue weighted by Crippen LogP contribution is -2.45. The number of anilines is 2. The van der Waals surface area contributed by atoms with Crippen molar-refractivity contribution < 1.29 is 22.7 Å². The van der Waals surface area contributed by atoms with Crippen molar-refractivity contribution in [1.82, 2.24) is 0 Å². The number of aryl methyl sites for hydroxylation is 1. The van der Waals surface area contributed by atoms with E-state index in [0.717, 1.165) is 16.1 Å². The first-order valence-electron chi connectivity index (χ1n) is 8.53. The molecule has 27 heavy (non-hydrogen) atoms. The van der Waals surface area contributed by atoms with E-state index >= 15 is 0 Å². The maximum atomic E-state index is 12.7. The van der Waals surface area contributed by atoms with Gasteiger partial charge in [0.2, 0.25) is 15.9 Å². The van der Waals surface area contributed by atoms with E-state index in [1.807, 2.05) is 25.1 Å². The second kappa shape index (κ2) is 7.48. The van der Waals surface area contributed by atoms with Crippen molar-refractivity contribution >= 4 is 27.3 Å². The molecule has 1 heterocycles. The Kier molecular flexibility index (Phi) is 5.27.